The molecule has 296 valence electrons. The van der Waals surface area contributed by atoms with Gasteiger partial charge in [-0.2, -0.15) is 0 Å². The van der Waals surface area contributed by atoms with E-state index in [1.807, 2.05) is 39.0 Å². The number of sulfonamides is 1. The summed E-state index contributed by atoms with van der Waals surface area (Å²) in [6.07, 6.45) is 4.23. The number of pyridine rings is 1. The van der Waals surface area contributed by atoms with E-state index in [4.69, 9.17) is 14.2 Å². The SMILES string of the molecule is COc1ccc2c(O[C@@H]3C[C@@H](C(=O)NC4(C(=O)NS(=O)(=O)C5CC5)CC4)N(C(=O)[C@@H](NC(=O)O[C@H]4C[C@@H](C)CC[C@@H]4C(C)C)C(C)(C)C)C3)nccc2c1. The Morgan fingerprint density at radius 3 is 2.37 bits per heavy atom. The lowest BCUT2D eigenvalue weighted by Gasteiger charge is -2.38. The Kier molecular flexibility index (Phi) is 11.1. The molecular weight excluding hydrogens is 715 g/mol. The van der Waals surface area contributed by atoms with E-state index < -0.39 is 68.2 Å². The van der Waals surface area contributed by atoms with Crippen molar-refractivity contribution in [3.63, 3.8) is 0 Å². The van der Waals surface area contributed by atoms with Crippen LogP contribution < -0.4 is 24.8 Å². The molecule has 0 bridgehead atoms. The van der Waals surface area contributed by atoms with E-state index in [1.54, 1.807) is 19.4 Å². The van der Waals surface area contributed by atoms with Gasteiger partial charge in [0.2, 0.25) is 27.7 Å². The summed E-state index contributed by atoms with van der Waals surface area (Å²) in [4.78, 5) is 61.5. The van der Waals surface area contributed by atoms with Crippen LogP contribution >= 0.6 is 0 Å². The molecular formula is C39H55N5O9S. The first-order valence-electron chi connectivity index (χ1n) is 19.2. The Morgan fingerprint density at radius 2 is 1.74 bits per heavy atom. The Morgan fingerprint density at radius 1 is 1.02 bits per heavy atom. The van der Waals surface area contributed by atoms with Crippen LogP contribution in [0.15, 0.2) is 30.5 Å². The molecule has 4 amide bonds. The average molecular weight is 770 g/mol. The molecule has 1 aromatic heterocycles. The molecule has 14 nitrogen and oxygen atoms in total. The molecule has 0 radical (unpaired) electrons. The minimum absolute atomic E-state index is 0.0146. The van der Waals surface area contributed by atoms with Gasteiger partial charge in [-0.3, -0.25) is 19.1 Å². The molecule has 2 heterocycles. The smallest absolute Gasteiger partial charge is 0.408 e. The quantitative estimate of drug-likeness (QED) is 0.279. The number of nitrogens with zero attached hydrogens (tertiary/aromatic N) is 2. The highest BCUT2D eigenvalue weighted by atomic mass is 32.2. The van der Waals surface area contributed by atoms with Gasteiger partial charge in [0.15, 0.2) is 0 Å². The summed E-state index contributed by atoms with van der Waals surface area (Å²) in [5, 5.41) is 6.57. The number of fused-ring (bicyclic) bond motifs is 1. The van der Waals surface area contributed by atoms with E-state index in [0.717, 1.165) is 24.6 Å². The number of carbonyl (C=O) groups is 4. The topological polar surface area (TPSA) is 182 Å². The van der Waals surface area contributed by atoms with Gasteiger partial charge in [0, 0.05) is 18.0 Å². The molecule has 1 aliphatic heterocycles. The van der Waals surface area contributed by atoms with Gasteiger partial charge in [-0.05, 0) is 91.3 Å². The van der Waals surface area contributed by atoms with Crippen LogP contribution in [-0.2, 0) is 29.1 Å². The van der Waals surface area contributed by atoms with Crippen molar-refractivity contribution in [1.82, 2.24) is 25.2 Å². The molecule has 3 aliphatic carbocycles. The molecule has 1 saturated heterocycles. The standard InChI is InChI=1S/C39H55N5O9S/c1-22(2)28-12-8-23(3)18-31(28)53-37(48)41-32(38(4,5)6)35(46)44-21-26(52-34-29-13-9-25(51-7)19-24(29)14-17-40-34)20-30(44)33(45)42-39(15-16-39)36(47)43-54(49,50)27-10-11-27/h9,13-14,17,19,22-23,26-28,30-32H,8,10-12,15-16,18,20-21H2,1-7H3,(H,41,48)(H,42,45)(H,43,47)/t23-,26+,28+,30-,31-,32+/m0/s1. The maximum Gasteiger partial charge on any atom is 0.408 e. The van der Waals surface area contributed by atoms with Gasteiger partial charge in [0.1, 0.15) is 35.6 Å². The van der Waals surface area contributed by atoms with Gasteiger partial charge >= 0.3 is 6.09 Å². The summed E-state index contributed by atoms with van der Waals surface area (Å²) >= 11 is 0. The minimum Gasteiger partial charge on any atom is -0.497 e. The Bertz CT molecular complexity index is 1870. The summed E-state index contributed by atoms with van der Waals surface area (Å²) in [7, 11) is -2.26. The van der Waals surface area contributed by atoms with Crippen molar-refractivity contribution in [2.24, 2.45) is 23.2 Å². The number of aromatic nitrogens is 1. The number of alkyl carbamates (subject to hydrolysis) is 1. The lowest BCUT2D eigenvalue weighted by atomic mass is 9.75. The molecule has 4 aliphatic rings. The molecule has 15 heteroatoms. The number of carbonyl (C=O) groups excluding carboxylic acids is 4. The van der Waals surface area contributed by atoms with Crippen LogP contribution in [0.5, 0.6) is 11.6 Å². The first kappa shape index (κ1) is 39.6. The zero-order valence-electron chi connectivity index (χ0n) is 32.3. The van der Waals surface area contributed by atoms with E-state index in [0.29, 0.717) is 41.7 Å². The molecule has 0 unspecified atom stereocenters. The number of methoxy groups -OCH3 is 1. The van der Waals surface area contributed by atoms with Crippen LogP contribution in [0.2, 0.25) is 0 Å². The fraction of sp³-hybridized carbons (Fsp3) is 0.667. The van der Waals surface area contributed by atoms with Crippen molar-refractivity contribution < 1.29 is 41.8 Å². The Hall–Kier alpha value is -4.14. The highest BCUT2D eigenvalue weighted by molar-refractivity contribution is 7.91. The van der Waals surface area contributed by atoms with Crippen LogP contribution in [-0.4, -0.2) is 90.9 Å². The molecule has 54 heavy (non-hydrogen) atoms. The number of likely N-dealkylation sites (tertiary alicyclic amines) is 1. The van der Waals surface area contributed by atoms with Crippen LogP contribution in [0.3, 0.4) is 0 Å². The van der Waals surface area contributed by atoms with Gasteiger partial charge in [0.05, 0.1) is 18.9 Å². The molecule has 6 atom stereocenters. The highest BCUT2D eigenvalue weighted by Gasteiger charge is 2.55. The second-order valence-electron chi connectivity index (χ2n) is 17.1. The first-order chi connectivity index (χ1) is 25.4. The molecule has 4 fully saturated rings. The van der Waals surface area contributed by atoms with E-state index in [1.165, 1.54) is 4.90 Å². The van der Waals surface area contributed by atoms with Gasteiger partial charge in [-0.25, -0.2) is 18.2 Å². The highest BCUT2D eigenvalue weighted by Crippen LogP contribution is 2.39. The molecule has 3 saturated carbocycles. The predicted octanol–water partition coefficient (Wildman–Crippen LogP) is 4.45. The summed E-state index contributed by atoms with van der Waals surface area (Å²) in [5.41, 5.74) is -2.20. The molecule has 6 rings (SSSR count). The lowest BCUT2D eigenvalue weighted by Crippen LogP contribution is -2.60. The number of hydrogen-bond donors (Lipinski definition) is 3. The monoisotopic (exact) mass is 769 g/mol. The Balaban J connectivity index is 1.24. The zero-order valence-corrected chi connectivity index (χ0v) is 33.2. The number of ether oxygens (including phenoxy) is 3. The van der Waals surface area contributed by atoms with E-state index in [9.17, 15) is 27.6 Å². The van der Waals surface area contributed by atoms with Crippen molar-refractivity contribution in [3.8, 4) is 11.6 Å². The largest absolute Gasteiger partial charge is 0.497 e. The third-order valence-electron chi connectivity index (χ3n) is 11.4. The summed E-state index contributed by atoms with van der Waals surface area (Å²) in [6, 6.07) is 5.11. The lowest BCUT2D eigenvalue weighted by molar-refractivity contribution is -0.143. The third kappa shape index (κ3) is 8.71. The van der Waals surface area contributed by atoms with E-state index >= 15 is 0 Å². The maximum absolute atomic E-state index is 14.7. The van der Waals surface area contributed by atoms with Gasteiger partial charge in [-0.15, -0.1) is 0 Å². The van der Waals surface area contributed by atoms with Crippen molar-refractivity contribution >= 4 is 44.6 Å². The predicted molar refractivity (Wildman–Crippen MR) is 201 cm³/mol. The van der Waals surface area contributed by atoms with Crippen LogP contribution in [0.4, 0.5) is 4.79 Å². The number of nitrogens with one attached hydrogen (secondary N) is 3. The van der Waals surface area contributed by atoms with Crippen molar-refractivity contribution in [2.45, 2.75) is 128 Å². The van der Waals surface area contributed by atoms with E-state index in [-0.39, 0.29) is 37.8 Å². The minimum atomic E-state index is -3.84. The number of rotatable bonds is 12. The second kappa shape index (κ2) is 15.2. The number of benzene rings is 1. The summed E-state index contributed by atoms with van der Waals surface area (Å²) in [6.45, 7) is 11.9. The normalized spacial score (nSPS) is 25.8. The Labute approximate surface area is 317 Å². The molecule has 1 aromatic carbocycles. The maximum atomic E-state index is 14.7. The average Bonchev–Trinajstić information content (AvgIpc) is 4.04. The molecule has 0 spiro atoms. The van der Waals surface area contributed by atoms with Gasteiger partial charge in [0.25, 0.3) is 5.91 Å². The fourth-order valence-electron chi connectivity index (χ4n) is 7.78. The third-order valence-corrected chi connectivity index (χ3v) is 13.2. The fourth-order valence-corrected chi connectivity index (χ4v) is 9.15. The van der Waals surface area contributed by atoms with Crippen LogP contribution in [0.1, 0.15) is 92.9 Å². The first-order valence-corrected chi connectivity index (χ1v) is 20.7. The number of hydrogen-bond acceptors (Lipinski definition) is 10. The van der Waals surface area contributed by atoms with Gasteiger partial charge in [-0.1, -0.05) is 48.0 Å². The van der Waals surface area contributed by atoms with Crippen molar-refractivity contribution in [3.05, 3.63) is 30.5 Å². The molecule has 3 N–H and O–H groups in total. The van der Waals surface area contributed by atoms with Crippen molar-refractivity contribution in [1.29, 1.82) is 0 Å². The van der Waals surface area contributed by atoms with Gasteiger partial charge < -0.3 is 29.7 Å². The van der Waals surface area contributed by atoms with Crippen LogP contribution in [0, 0.1) is 23.2 Å². The second-order valence-corrected chi connectivity index (χ2v) is 19.1. The summed E-state index contributed by atoms with van der Waals surface area (Å²) in [5.74, 6) is -0.00750. The molecule has 2 aromatic rings. The zero-order chi connectivity index (χ0) is 39.2. The van der Waals surface area contributed by atoms with Crippen LogP contribution in [0.25, 0.3) is 10.8 Å². The van der Waals surface area contributed by atoms with Crippen molar-refractivity contribution in [2.75, 3.05) is 13.7 Å². The number of amides is 4. The van der Waals surface area contributed by atoms with E-state index in [2.05, 4.69) is 41.1 Å². The summed E-state index contributed by atoms with van der Waals surface area (Å²) < 4.78 is 45.1.